The quantitative estimate of drug-likeness (QED) is 0.375. The number of likely N-dealkylation sites (tertiary alicyclic amines) is 1. The zero-order chi connectivity index (χ0) is 25.4. The van der Waals surface area contributed by atoms with Crippen LogP contribution in [-0.4, -0.2) is 73.3 Å². The molecule has 1 aliphatic heterocycles. The molecule has 14 heteroatoms. The second-order valence-electron chi connectivity index (χ2n) is 8.16. The first kappa shape index (κ1) is 24.8. The third-order valence-electron chi connectivity index (χ3n) is 5.81. The third kappa shape index (κ3) is 4.63. The van der Waals surface area contributed by atoms with Crippen LogP contribution >= 0.6 is 11.3 Å². The van der Waals surface area contributed by atoms with Gasteiger partial charge in [-0.25, -0.2) is 27.7 Å². The molecule has 1 aliphatic rings. The molecule has 1 saturated heterocycles. The molecule has 4 rings (SSSR count). The number of benzene rings is 1. The van der Waals surface area contributed by atoms with Crippen LogP contribution in [0, 0.1) is 5.82 Å². The summed E-state index contributed by atoms with van der Waals surface area (Å²) in [5, 5.41) is 11.4. The van der Waals surface area contributed by atoms with E-state index in [0.29, 0.717) is 15.5 Å². The van der Waals surface area contributed by atoms with Crippen molar-refractivity contribution < 1.29 is 27.8 Å². The number of carboxylic acid groups (broad SMARTS) is 1. The molecule has 3 atom stereocenters. The number of anilines is 3. The Balaban J connectivity index is 1.61. The molecule has 2 aromatic heterocycles. The van der Waals surface area contributed by atoms with E-state index in [-0.39, 0.29) is 36.2 Å². The fourth-order valence-corrected chi connectivity index (χ4v) is 5.82. The largest absolute Gasteiger partial charge is 0.480 e. The summed E-state index contributed by atoms with van der Waals surface area (Å²) in [6.45, 7) is 0.0274. The van der Waals surface area contributed by atoms with E-state index < -0.39 is 41.0 Å². The van der Waals surface area contributed by atoms with E-state index in [2.05, 4.69) is 9.97 Å². The normalized spacial score (nSPS) is 17.5. The minimum Gasteiger partial charge on any atom is -0.480 e. The molecular weight excluding hydrogens is 499 g/mol. The third-order valence-corrected chi connectivity index (χ3v) is 7.88. The lowest BCUT2D eigenvalue weighted by Crippen LogP contribution is -2.48. The van der Waals surface area contributed by atoms with Gasteiger partial charge in [-0.2, -0.15) is 0 Å². The average Bonchev–Trinajstić information content (AvgIpc) is 3.42. The zero-order valence-corrected chi connectivity index (χ0v) is 20.4. The van der Waals surface area contributed by atoms with Crippen molar-refractivity contribution in [1.82, 2.24) is 14.9 Å². The van der Waals surface area contributed by atoms with Crippen molar-refractivity contribution in [3.8, 4) is 0 Å². The Morgan fingerprint density at radius 2 is 2.09 bits per heavy atom. The summed E-state index contributed by atoms with van der Waals surface area (Å²) in [4.78, 5) is 36.4. The summed E-state index contributed by atoms with van der Waals surface area (Å²) in [5.74, 6) is -2.42. The van der Waals surface area contributed by atoms with Crippen molar-refractivity contribution in [2.75, 3.05) is 35.6 Å². The van der Waals surface area contributed by atoms with E-state index in [1.807, 2.05) is 0 Å². The second-order valence-corrected chi connectivity index (χ2v) is 10.00. The highest BCUT2D eigenvalue weighted by atomic mass is 32.2. The van der Waals surface area contributed by atoms with E-state index in [9.17, 15) is 23.5 Å². The monoisotopic (exact) mass is 522 g/mol. The molecular formula is C21H23FN6O5S2. The van der Waals surface area contributed by atoms with Crippen molar-refractivity contribution in [3.63, 3.8) is 0 Å². The number of carboxylic acids is 1. The van der Waals surface area contributed by atoms with Crippen molar-refractivity contribution in [3.05, 3.63) is 42.0 Å². The van der Waals surface area contributed by atoms with Crippen molar-refractivity contribution in [1.29, 1.82) is 0 Å². The number of amides is 1. The predicted octanol–water partition coefficient (Wildman–Crippen LogP) is 1.72. The Morgan fingerprint density at radius 1 is 1.34 bits per heavy atom. The molecule has 1 amide bonds. The van der Waals surface area contributed by atoms with Gasteiger partial charge in [-0.3, -0.25) is 9.35 Å². The van der Waals surface area contributed by atoms with Crippen LogP contribution in [-0.2, 0) is 27.3 Å². The highest BCUT2D eigenvalue weighted by molar-refractivity contribution is 7.81. The topological polar surface area (TPSA) is 153 Å². The van der Waals surface area contributed by atoms with Gasteiger partial charge in [0, 0.05) is 44.0 Å². The number of halogens is 1. The zero-order valence-electron chi connectivity index (χ0n) is 18.8. The number of hydrogen-bond donors (Lipinski definition) is 3. The Bertz CT molecular complexity index is 1320. The molecule has 1 unspecified atom stereocenters. The number of nitrogen functional groups attached to an aromatic ring is 1. The molecule has 186 valence electrons. The lowest BCUT2D eigenvalue weighted by Gasteiger charge is -2.27. The van der Waals surface area contributed by atoms with E-state index in [1.54, 1.807) is 25.1 Å². The highest BCUT2D eigenvalue weighted by Crippen LogP contribution is 2.34. The summed E-state index contributed by atoms with van der Waals surface area (Å²) in [6, 6.07) is 2.01. The van der Waals surface area contributed by atoms with E-state index in [0.717, 1.165) is 20.5 Å². The standard InChI is InChI=1S/C21H23FN6O5S2/c1-26(2)21-25-10-16(34-21)28(35(32)33)14-6-8-27(19(14)29)15(20(30)31)9-11-3-4-13-12(17(11)22)5-7-24-18(13)23/h3-5,7,10,14-15H,6,8-9H2,1-2H3,(H2,23,24)(H,30,31)(H,32,33)/t14-,15+/m0/s1. The van der Waals surface area contributed by atoms with Crippen LogP contribution in [0.4, 0.5) is 20.3 Å². The van der Waals surface area contributed by atoms with Crippen LogP contribution in [0.5, 0.6) is 0 Å². The molecule has 0 spiro atoms. The van der Waals surface area contributed by atoms with E-state index >= 15 is 4.39 Å². The van der Waals surface area contributed by atoms with Gasteiger partial charge in [0.05, 0.1) is 6.20 Å². The molecule has 11 nitrogen and oxygen atoms in total. The number of pyridine rings is 1. The van der Waals surface area contributed by atoms with Crippen molar-refractivity contribution in [2.24, 2.45) is 0 Å². The average molecular weight is 523 g/mol. The molecule has 3 heterocycles. The second kappa shape index (κ2) is 9.71. The number of fused-ring (bicyclic) bond motifs is 1. The lowest BCUT2D eigenvalue weighted by atomic mass is 10.0. The molecule has 1 aromatic carbocycles. The maximum absolute atomic E-state index is 15.2. The molecule has 0 aliphatic carbocycles. The number of thiazole rings is 1. The number of carbonyl (C=O) groups excluding carboxylic acids is 1. The fourth-order valence-electron chi connectivity index (χ4n) is 4.10. The van der Waals surface area contributed by atoms with Gasteiger partial charge in [0.1, 0.15) is 28.7 Å². The minimum absolute atomic E-state index is 0.0274. The van der Waals surface area contributed by atoms with Crippen LogP contribution in [0.3, 0.4) is 0 Å². The Labute approximate surface area is 206 Å². The minimum atomic E-state index is -2.55. The number of aliphatic carboxylic acids is 1. The fraction of sp³-hybridized carbons (Fsp3) is 0.333. The van der Waals surface area contributed by atoms with Gasteiger partial charge in [-0.15, -0.1) is 0 Å². The van der Waals surface area contributed by atoms with Crippen LogP contribution in [0.1, 0.15) is 12.0 Å². The first-order valence-corrected chi connectivity index (χ1v) is 12.4. The van der Waals surface area contributed by atoms with E-state index in [4.69, 9.17) is 5.73 Å². The predicted molar refractivity (Wildman–Crippen MR) is 131 cm³/mol. The molecule has 4 N–H and O–H groups in total. The van der Waals surface area contributed by atoms with Crippen LogP contribution in [0.25, 0.3) is 10.8 Å². The van der Waals surface area contributed by atoms with Gasteiger partial charge in [0.15, 0.2) is 5.13 Å². The molecule has 1 fully saturated rings. The summed E-state index contributed by atoms with van der Waals surface area (Å²) in [7, 11) is 3.53. The number of aromatic nitrogens is 2. The molecule has 0 radical (unpaired) electrons. The van der Waals surface area contributed by atoms with Gasteiger partial charge in [0.25, 0.3) is 11.3 Å². The molecule has 0 bridgehead atoms. The molecule has 0 saturated carbocycles. The van der Waals surface area contributed by atoms with Crippen molar-refractivity contribution >= 4 is 61.2 Å². The molecule has 35 heavy (non-hydrogen) atoms. The Morgan fingerprint density at radius 3 is 2.71 bits per heavy atom. The van der Waals surface area contributed by atoms with Gasteiger partial charge in [-0.05, 0) is 18.1 Å². The SMILES string of the molecule is CN(C)c1ncc(N([C@H]2CCN([C@H](Cc3ccc4c(N)nccc4c3F)C(=O)O)C2=O)S(=O)O)s1. The van der Waals surface area contributed by atoms with Gasteiger partial charge in [-0.1, -0.05) is 23.5 Å². The van der Waals surface area contributed by atoms with Crippen LogP contribution in [0.15, 0.2) is 30.6 Å². The Kier molecular flexibility index (Phi) is 6.87. The maximum Gasteiger partial charge on any atom is 0.326 e. The number of rotatable bonds is 8. The summed E-state index contributed by atoms with van der Waals surface area (Å²) in [6.07, 6.45) is 2.58. The molecule has 3 aromatic rings. The summed E-state index contributed by atoms with van der Waals surface area (Å²) in [5.41, 5.74) is 5.90. The number of carbonyl (C=O) groups is 2. The number of nitrogens with zero attached hydrogens (tertiary/aromatic N) is 5. The van der Waals surface area contributed by atoms with Crippen LogP contribution < -0.4 is 14.9 Å². The van der Waals surface area contributed by atoms with Gasteiger partial charge >= 0.3 is 5.97 Å². The Hall–Kier alpha value is -3.36. The first-order valence-electron chi connectivity index (χ1n) is 10.5. The number of nitrogens with two attached hydrogens (primary N) is 1. The lowest BCUT2D eigenvalue weighted by molar-refractivity contribution is -0.148. The summed E-state index contributed by atoms with van der Waals surface area (Å²) < 4.78 is 38.3. The van der Waals surface area contributed by atoms with E-state index in [1.165, 1.54) is 24.5 Å². The van der Waals surface area contributed by atoms with Gasteiger partial charge in [0.2, 0.25) is 5.91 Å². The highest BCUT2D eigenvalue weighted by Gasteiger charge is 2.44. The maximum atomic E-state index is 15.2. The van der Waals surface area contributed by atoms with Crippen LogP contribution in [0.2, 0.25) is 0 Å². The van der Waals surface area contributed by atoms with Gasteiger partial charge < -0.3 is 20.6 Å². The summed E-state index contributed by atoms with van der Waals surface area (Å²) >= 11 is -1.43. The number of hydrogen-bond acceptors (Lipinski definition) is 8. The smallest absolute Gasteiger partial charge is 0.326 e. The van der Waals surface area contributed by atoms with Crippen molar-refractivity contribution in [2.45, 2.75) is 24.9 Å². The first-order chi connectivity index (χ1) is 16.6.